The summed E-state index contributed by atoms with van der Waals surface area (Å²) in [6.07, 6.45) is 7.33. The molecule has 0 amide bonds. The molecule has 3 heteroatoms. The van der Waals surface area contributed by atoms with Gasteiger partial charge in [0.2, 0.25) is 0 Å². The number of nitrogens with one attached hydrogen (secondary N) is 1. The summed E-state index contributed by atoms with van der Waals surface area (Å²) in [5.74, 6) is 4.79. The monoisotopic (exact) mass is 335 g/mol. The smallest absolute Gasteiger partial charge is 0.122 e. The summed E-state index contributed by atoms with van der Waals surface area (Å²) in [4.78, 5) is 0. The van der Waals surface area contributed by atoms with Crippen LogP contribution in [0.2, 0.25) is 0 Å². The lowest BCUT2D eigenvalue weighted by atomic mass is 9.54. The fraction of sp³-hybridized carbons (Fsp3) is 0.647. The zero-order valence-corrected chi connectivity index (χ0v) is 13.5. The highest BCUT2D eigenvalue weighted by Gasteiger charge is 2.48. The van der Waals surface area contributed by atoms with Gasteiger partial charge in [0.25, 0.3) is 0 Å². The summed E-state index contributed by atoms with van der Waals surface area (Å²) in [6, 6.07) is 6.99. The summed E-state index contributed by atoms with van der Waals surface area (Å²) in [6.45, 7) is 0. The van der Waals surface area contributed by atoms with Gasteiger partial charge in [0, 0.05) is 22.3 Å². The minimum absolute atomic E-state index is 0.682. The predicted octanol–water partition coefficient (Wildman–Crippen LogP) is 4.69. The molecule has 4 aliphatic rings. The summed E-state index contributed by atoms with van der Waals surface area (Å²) >= 11 is 3.58. The van der Waals surface area contributed by atoms with Crippen LogP contribution < -0.4 is 10.1 Å². The molecular weight excluding hydrogens is 314 g/mol. The first-order valence-corrected chi connectivity index (χ1v) is 8.61. The quantitative estimate of drug-likeness (QED) is 0.864. The van der Waals surface area contributed by atoms with Gasteiger partial charge in [-0.25, -0.2) is 0 Å². The second kappa shape index (κ2) is 4.94. The number of benzene rings is 1. The molecule has 0 spiro atoms. The van der Waals surface area contributed by atoms with Gasteiger partial charge in [-0.15, -0.1) is 0 Å². The van der Waals surface area contributed by atoms with Gasteiger partial charge in [-0.05, 0) is 67.9 Å². The summed E-state index contributed by atoms with van der Waals surface area (Å²) in [5, 5.41) is 3.83. The van der Waals surface area contributed by atoms with Gasteiger partial charge in [0.15, 0.2) is 0 Å². The third-order valence-corrected chi connectivity index (χ3v) is 6.12. The lowest BCUT2D eigenvalue weighted by molar-refractivity contribution is 0.00753. The van der Waals surface area contributed by atoms with Crippen LogP contribution in [0.4, 0.5) is 5.69 Å². The Labute approximate surface area is 129 Å². The van der Waals surface area contributed by atoms with Crippen LogP contribution in [0.3, 0.4) is 0 Å². The molecule has 4 saturated carbocycles. The van der Waals surface area contributed by atoms with E-state index in [-0.39, 0.29) is 0 Å². The van der Waals surface area contributed by atoms with E-state index in [0.29, 0.717) is 6.04 Å². The van der Waals surface area contributed by atoms with Crippen LogP contribution in [0, 0.1) is 23.7 Å². The third kappa shape index (κ3) is 2.24. The molecular formula is C17H22BrNO. The SMILES string of the molecule is COc1cc(Br)cc(NC2C3CC4CC(C3)CC2C4)c1. The number of rotatable bonds is 3. The summed E-state index contributed by atoms with van der Waals surface area (Å²) in [5.41, 5.74) is 1.20. The van der Waals surface area contributed by atoms with Crippen molar-refractivity contribution < 1.29 is 4.74 Å². The molecule has 0 atom stereocenters. The maximum absolute atomic E-state index is 5.37. The minimum Gasteiger partial charge on any atom is -0.497 e. The molecule has 0 unspecified atom stereocenters. The maximum Gasteiger partial charge on any atom is 0.122 e. The Morgan fingerprint density at radius 1 is 1.00 bits per heavy atom. The minimum atomic E-state index is 0.682. The van der Waals surface area contributed by atoms with E-state index in [0.717, 1.165) is 33.9 Å². The highest BCUT2D eigenvalue weighted by Crippen LogP contribution is 2.54. The van der Waals surface area contributed by atoms with E-state index in [4.69, 9.17) is 4.74 Å². The molecule has 4 fully saturated rings. The molecule has 4 bridgehead atoms. The fourth-order valence-electron chi connectivity index (χ4n) is 5.12. The summed E-state index contributed by atoms with van der Waals surface area (Å²) < 4.78 is 6.46. The van der Waals surface area contributed by atoms with Crippen LogP contribution in [0.15, 0.2) is 22.7 Å². The fourth-order valence-corrected chi connectivity index (χ4v) is 5.59. The number of hydrogen-bond acceptors (Lipinski definition) is 2. The number of halogens is 1. The van der Waals surface area contributed by atoms with E-state index in [1.54, 1.807) is 7.11 Å². The van der Waals surface area contributed by atoms with Crippen molar-refractivity contribution in [3.8, 4) is 5.75 Å². The van der Waals surface area contributed by atoms with Crippen molar-refractivity contribution in [1.29, 1.82) is 0 Å². The standard InChI is InChI=1S/C17H22BrNO/c1-20-16-8-14(18)7-15(9-16)19-17-12-3-10-2-11(5-12)6-13(17)4-10/h7-13,17,19H,2-6H2,1H3. The number of hydrogen-bond donors (Lipinski definition) is 1. The first-order chi connectivity index (χ1) is 9.71. The van der Waals surface area contributed by atoms with E-state index >= 15 is 0 Å². The molecule has 1 aromatic carbocycles. The molecule has 0 saturated heterocycles. The van der Waals surface area contributed by atoms with E-state index in [1.807, 2.05) is 6.07 Å². The third-order valence-electron chi connectivity index (χ3n) is 5.67. The maximum atomic E-state index is 5.37. The van der Waals surface area contributed by atoms with Crippen LogP contribution in [0.25, 0.3) is 0 Å². The normalized spacial score (nSPS) is 38.0. The Kier molecular flexibility index (Phi) is 3.21. The number of methoxy groups -OCH3 is 1. The first-order valence-electron chi connectivity index (χ1n) is 7.82. The number of ether oxygens (including phenoxy) is 1. The van der Waals surface area contributed by atoms with E-state index < -0.39 is 0 Å². The Morgan fingerprint density at radius 3 is 2.25 bits per heavy atom. The van der Waals surface area contributed by atoms with Gasteiger partial charge in [0.05, 0.1) is 7.11 Å². The van der Waals surface area contributed by atoms with Gasteiger partial charge in [0.1, 0.15) is 5.75 Å². The van der Waals surface area contributed by atoms with Crippen molar-refractivity contribution in [3.05, 3.63) is 22.7 Å². The Balaban J connectivity index is 1.55. The van der Waals surface area contributed by atoms with Gasteiger partial charge < -0.3 is 10.1 Å². The molecule has 4 aliphatic carbocycles. The van der Waals surface area contributed by atoms with Crippen LogP contribution in [0.1, 0.15) is 32.1 Å². The molecule has 0 heterocycles. The molecule has 1 aromatic rings. The van der Waals surface area contributed by atoms with Crippen molar-refractivity contribution >= 4 is 21.6 Å². The molecule has 0 aromatic heterocycles. The Bertz CT molecular complexity index is 488. The van der Waals surface area contributed by atoms with E-state index in [2.05, 4.69) is 33.4 Å². The predicted molar refractivity (Wildman–Crippen MR) is 85.1 cm³/mol. The zero-order valence-electron chi connectivity index (χ0n) is 11.9. The van der Waals surface area contributed by atoms with Crippen molar-refractivity contribution in [2.75, 3.05) is 12.4 Å². The van der Waals surface area contributed by atoms with Crippen LogP contribution in [0.5, 0.6) is 5.75 Å². The summed E-state index contributed by atoms with van der Waals surface area (Å²) in [7, 11) is 1.73. The van der Waals surface area contributed by atoms with E-state index in [9.17, 15) is 0 Å². The largest absolute Gasteiger partial charge is 0.497 e. The Morgan fingerprint density at radius 2 is 1.65 bits per heavy atom. The van der Waals surface area contributed by atoms with Crippen LogP contribution in [-0.2, 0) is 0 Å². The van der Waals surface area contributed by atoms with Gasteiger partial charge in [-0.2, -0.15) is 0 Å². The highest BCUT2D eigenvalue weighted by molar-refractivity contribution is 9.10. The first kappa shape index (κ1) is 13.0. The highest BCUT2D eigenvalue weighted by atomic mass is 79.9. The molecule has 2 nitrogen and oxygen atoms in total. The van der Waals surface area contributed by atoms with Crippen molar-refractivity contribution in [2.24, 2.45) is 23.7 Å². The zero-order chi connectivity index (χ0) is 13.7. The lowest BCUT2D eigenvalue weighted by Crippen LogP contribution is -2.51. The molecule has 108 valence electrons. The second-order valence-electron chi connectivity index (χ2n) is 6.98. The molecule has 20 heavy (non-hydrogen) atoms. The number of anilines is 1. The van der Waals surface area contributed by atoms with Crippen molar-refractivity contribution in [2.45, 2.75) is 38.1 Å². The van der Waals surface area contributed by atoms with Gasteiger partial charge >= 0.3 is 0 Å². The van der Waals surface area contributed by atoms with Crippen molar-refractivity contribution in [1.82, 2.24) is 0 Å². The molecule has 5 rings (SSSR count). The Hall–Kier alpha value is -0.700. The molecule has 1 N–H and O–H groups in total. The lowest BCUT2D eigenvalue weighted by Gasteiger charge is -2.54. The van der Waals surface area contributed by atoms with Gasteiger partial charge in [-0.1, -0.05) is 15.9 Å². The van der Waals surface area contributed by atoms with Crippen LogP contribution in [-0.4, -0.2) is 13.2 Å². The van der Waals surface area contributed by atoms with E-state index in [1.165, 1.54) is 37.8 Å². The average molecular weight is 336 g/mol. The van der Waals surface area contributed by atoms with Crippen molar-refractivity contribution in [3.63, 3.8) is 0 Å². The van der Waals surface area contributed by atoms with Gasteiger partial charge in [-0.3, -0.25) is 0 Å². The molecule has 0 radical (unpaired) electrons. The topological polar surface area (TPSA) is 21.3 Å². The molecule has 0 aliphatic heterocycles. The second-order valence-corrected chi connectivity index (χ2v) is 7.90. The van der Waals surface area contributed by atoms with Crippen LogP contribution >= 0.6 is 15.9 Å². The average Bonchev–Trinajstić information content (AvgIpc) is 2.41.